The second-order valence-electron chi connectivity index (χ2n) is 15.5. The van der Waals surface area contributed by atoms with E-state index in [-0.39, 0.29) is 36.0 Å². The van der Waals surface area contributed by atoms with E-state index in [1.165, 1.54) is 33.2 Å². The van der Waals surface area contributed by atoms with Crippen LogP contribution >= 0.6 is 0 Å². The Morgan fingerprint density at radius 1 is 0.913 bits per heavy atom. The SMILES string of the molecule is CN(C)S(=O)(=O)c1ccc([C@H]2C[C@@]3(C)[C@@H](CC[C@@]3(O)C(F)(F)C(F)(F)F)[C@@H]3CC[C@@]4(O)CC5(CCC4=C32)OCC(C)(C)CO5)cc1. The summed E-state index contributed by atoms with van der Waals surface area (Å²) in [7, 11) is -1.01. The van der Waals surface area contributed by atoms with E-state index in [9.17, 15) is 31.8 Å². The van der Waals surface area contributed by atoms with Crippen molar-refractivity contribution in [3.05, 3.63) is 41.0 Å². The predicted octanol–water partition coefficient (Wildman–Crippen LogP) is 6.16. The average molecular weight is 678 g/mol. The minimum Gasteiger partial charge on any atom is -0.385 e. The Morgan fingerprint density at radius 2 is 1.52 bits per heavy atom. The number of aliphatic hydroxyl groups is 2. The molecule has 0 amide bonds. The van der Waals surface area contributed by atoms with Gasteiger partial charge in [-0.25, -0.2) is 12.7 Å². The van der Waals surface area contributed by atoms with E-state index in [4.69, 9.17) is 9.47 Å². The fourth-order valence-corrected chi connectivity index (χ4v) is 10.3. The second kappa shape index (κ2) is 10.4. The summed E-state index contributed by atoms with van der Waals surface area (Å²) in [6.07, 6.45) is -5.32. The van der Waals surface area contributed by atoms with Gasteiger partial charge in [-0.15, -0.1) is 0 Å². The minimum atomic E-state index is -5.95. The van der Waals surface area contributed by atoms with Crippen molar-refractivity contribution in [2.24, 2.45) is 22.7 Å². The normalized spacial score (nSPS) is 37.6. The maximum Gasteiger partial charge on any atom is 0.456 e. The molecule has 258 valence electrons. The van der Waals surface area contributed by atoms with Crippen molar-refractivity contribution in [2.45, 2.75) is 112 Å². The van der Waals surface area contributed by atoms with Crippen molar-refractivity contribution in [2.75, 3.05) is 27.3 Å². The van der Waals surface area contributed by atoms with Crippen LogP contribution in [0.1, 0.15) is 83.6 Å². The zero-order valence-electron chi connectivity index (χ0n) is 26.9. The van der Waals surface area contributed by atoms with E-state index in [1.807, 2.05) is 13.8 Å². The van der Waals surface area contributed by atoms with Crippen molar-refractivity contribution in [1.82, 2.24) is 4.31 Å². The van der Waals surface area contributed by atoms with Gasteiger partial charge in [0.05, 0.1) is 23.7 Å². The summed E-state index contributed by atoms with van der Waals surface area (Å²) in [5, 5.41) is 23.8. The van der Waals surface area contributed by atoms with Gasteiger partial charge < -0.3 is 19.7 Å². The first-order valence-electron chi connectivity index (χ1n) is 16.0. The molecule has 0 unspecified atom stereocenters. The van der Waals surface area contributed by atoms with E-state index < -0.39 is 68.7 Å². The lowest BCUT2D eigenvalue weighted by Crippen LogP contribution is -2.65. The Balaban J connectivity index is 1.47. The number of allylic oxidation sites excluding steroid dienone is 1. The van der Waals surface area contributed by atoms with Crippen LogP contribution < -0.4 is 0 Å². The molecule has 6 atom stereocenters. The van der Waals surface area contributed by atoms with Crippen LogP contribution in [0.2, 0.25) is 0 Å². The predicted molar refractivity (Wildman–Crippen MR) is 158 cm³/mol. The number of halogens is 5. The van der Waals surface area contributed by atoms with Gasteiger partial charge in [-0.2, -0.15) is 22.0 Å². The summed E-state index contributed by atoms with van der Waals surface area (Å²) >= 11 is 0. The molecule has 3 saturated carbocycles. The average Bonchev–Trinajstić information content (AvgIpc) is 3.24. The van der Waals surface area contributed by atoms with Gasteiger partial charge in [0.1, 0.15) is 5.60 Å². The van der Waals surface area contributed by atoms with Crippen molar-refractivity contribution < 1.29 is 50.1 Å². The summed E-state index contributed by atoms with van der Waals surface area (Å²) in [5.74, 6) is -8.20. The third-order valence-corrected chi connectivity index (χ3v) is 13.8. The number of hydrogen-bond acceptors (Lipinski definition) is 6. The third kappa shape index (κ3) is 4.84. The maximum absolute atomic E-state index is 15.3. The fourth-order valence-electron chi connectivity index (χ4n) is 9.39. The lowest BCUT2D eigenvalue weighted by molar-refractivity contribution is -0.362. The summed E-state index contributed by atoms with van der Waals surface area (Å²) < 4.78 is 111. The lowest BCUT2D eigenvalue weighted by atomic mass is 9.49. The zero-order valence-corrected chi connectivity index (χ0v) is 27.7. The summed E-state index contributed by atoms with van der Waals surface area (Å²) in [6, 6.07) is 5.94. The van der Waals surface area contributed by atoms with E-state index in [1.54, 1.807) is 12.1 Å². The highest BCUT2D eigenvalue weighted by Crippen LogP contribution is 2.71. The molecule has 1 aromatic carbocycles. The van der Waals surface area contributed by atoms with Gasteiger partial charge in [-0.05, 0) is 73.6 Å². The number of hydrogen-bond donors (Lipinski definition) is 2. The molecule has 5 aliphatic rings. The molecule has 1 heterocycles. The number of sulfonamides is 1. The first kappa shape index (κ1) is 34.2. The van der Waals surface area contributed by atoms with E-state index >= 15 is 8.78 Å². The Bertz CT molecular complexity index is 1520. The molecule has 4 aliphatic carbocycles. The van der Waals surface area contributed by atoms with Crippen LogP contribution in [0.3, 0.4) is 0 Å². The molecule has 1 aromatic rings. The van der Waals surface area contributed by atoms with Crippen LogP contribution in [0.4, 0.5) is 22.0 Å². The molecule has 1 saturated heterocycles. The van der Waals surface area contributed by atoms with Gasteiger partial charge in [0, 0.05) is 43.7 Å². The monoisotopic (exact) mass is 677 g/mol. The van der Waals surface area contributed by atoms with Gasteiger partial charge >= 0.3 is 12.1 Å². The Morgan fingerprint density at radius 3 is 2.09 bits per heavy atom. The van der Waals surface area contributed by atoms with Crippen molar-refractivity contribution >= 4 is 10.0 Å². The highest BCUT2D eigenvalue weighted by Gasteiger charge is 2.79. The molecule has 6 rings (SSSR count). The first-order valence-corrected chi connectivity index (χ1v) is 17.4. The molecule has 2 N–H and O–H groups in total. The van der Waals surface area contributed by atoms with Gasteiger partial charge in [-0.1, -0.05) is 38.5 Å². The lowest BCUT2D eigenvalue weighted by Gasteiger charge is -2.59. The van der Waals surface area contributed by atoms with E-state index in [0.717, 1.165) is 15.5 Å². The molecular formula is C33H44F5NO6S. The van der Waals surface area contributed by atoms with Gasteiger partial charge in [0.15, 0.2) is 5.79 Å². The number of fused-ring (bicyclic) bond motifs is 4. The van der Waals surface area contributed by atoms with Crippen LogP contribution in [-0.4, -0.2) is 79.3 Å². The quantitative estimate of drug-likeness (QED) is 0.293. The number of alkyl halides is 5. The fraction of sp³-hybridized carbons (Fsp3) is 0.758. The topological polar surface area (TPSA) is 96.3 Å². The van der Waals surface area contributed by atoms with Crippen molar-refractivity contribution in [1.29, 1.82) is 0 Å². The largest absolute Gasteiger partial charge is 0.456 e. The van der Waals surface area contributed by atoms with Gasteiger partial charge in [-0.3, -0.25) is 0 Å². The van der Waals surface area contributed by atoms with E-state index in [0.29, 0.717) is 38.0 Å². The molecule has 1 aliphatic heterocycles. The van der Waals surface area contributed by atoms with Crippen LogP contribution in [0.5, 0.6) is 0 Å². The molecule has 1 spiro atoms. The molecule has 7 nitrogen and oxygen atoms in total. The second-order valence-corrected chi connectivity index (χ2v) is 17.7. The Hall–Kier alpha value is -1.64. The van der Waals surface area contributed by atoms with Crippen molar-refractivity contribution in [3.8, 4) is 0 Å². The smallest absolute Gasteiger partial charge is 0.385 e. The standard InChI is InChI=1S/C33H44F5NO6S/c1-27(2)18-44-30(45-19-27)14-11-25-26-22(10-13-29(25,40)17-30)24-12-15-31(41,32(34,35)33(36,37)38)28(24,3)16-23(26)20-6-8-21(9-7-20)46(42,43)39(4)5/h6-9,22-24,40-41H,10-19H2,1-5H3/t22-,23+,24-,28-,29+,31-/m0/s1. The van der Waals surface area contributed by atoms with Gasteiger partial charge in [0.25, 0.3) is 0 Å². The molecular weight excluding hydrogens is 633 g/mol. The summed E-state index contributed by atoms with van der Waals surface area (Å²) in [6.45, 7) is 6.31. The number of rotatable bonds is 4. The highest BCUT2D eigenvalue weighted by molar-refractivity contribution is 7.89. The number of nitrogens with zero attached hydrogens (tertiary/aromatic N) is 1. The molecule has 0 radical (unpaired) electrons. The number of benzene rings is 1. The number of ether oxygens (including phenoxy) is 2. The van der Waals surface area contributed by atoms with Crippen LogP contribution in [-0.2, 0) is 19.5 Å². The molecule has 0 bridgehead atoms. The first-order chi connectivity index (χ1) is 21.0. The van der Waals surface area contributed by atoms with Gasteiger partial charge in [0.2, 0.25) is 10.0 Å². The molecule has 4 fully saturated rings. The minimum absolute atomic E-state index is 0.00519. The maximum atomic E-state index is 15.3. The summed E-state index contributed by atoms with van der Waals surface area (Å²) in [5.41, 5.74) is -4.61. The summed E-state index contributed by atoms with van der Waals surface area (Å²) in [4.78, 5) is 0.00519. The Kier molecular flexibility index (Phi) is 7.76. The van der Waals surface area contributed by atoms with Crippen LogP contribution in [0.25, 0.3) is 0 Å². The van der Waals surface area contributed by atoms with Crippen LogP contribution in [0, 0.1) is 22.7 Å². The van der Waals surface area contributed by atoms with E-state index in [2.05, 4.69) is 0 Å². The molecule has 46 heavy (non-hydrogen) atoms. The zero-order chi connectivity index (χ0) is 33.9. The third-order valence-electron chi connectivity index (χ3n) is 12.0. The van der Waals surface area contributed by atoms with Crippen molar-refractivity contribution in [3.63, 3.8) is 0 Å². The molecule has 13 heteroatoms. The Labute approximate surface area is 267 Å². The van der Waals surface area contributed by atoms with Crippen LogP contribution in [0.15, 0.2) is 40.3 Å². The molecule has 0 aromatic heterocycles. The highest BCUT2D eigenvalue weighted by atomic mass is 32.2.